The summed E-state index contributed by atoms with van der Waals surface area (Å²) < 4.78 is 0. The summed E-state index contributed by atoms with van der Waals surface area (Å²) in [6, 6.07) is 7.52. The van der Waals surface area contributed by atoms with Gasteiger partial charge in [0.1, 0.15) is 6.54 Å². The van der Waals surface area contributed by atoms with Gasteiger partial charge in [-0.3, -0.25) is 14.4 Å². The SMILES string of the molecule is CC1CCC(N(C)C(=O)CCC(=O)N2CC(=O)Nc3ccccc32)CC1. The summed E-state index contributed by atoms with van der Waals surface area (Å²) in [5.74, 6) is 0.345. The van der Waals surface area contributed by atoms with E-state index in [1.807, 2.05) is 30.1 Å². The topological polar surface area (TPSA) is 69.7 Å². The van der Waals surface area contributed by atoms with E-state index in [9.17, 15) is 14.4 Å². The number of rotatable bonds is 4. The van der Waals surface area contributed by atoms with E-state index in [4.69, 9.17) is 0 Å². The Kier molecular flexibility index (Phi) is 5.59. The molecule has 0 aromatic heterocycles. The molecule has 140 valence electrons. The molecule has 1 aliphatic carbocycles. The number of para-hydroxylation sites is 2. The van der Waals surface area contributed by atoms with Crippen LogP contribution in [0.5, 0.6) is 0 Å². The van der Waals surface area contributed by atoms with E-state index in [0.29, 0.717) is 11.4 Å². The first-order valence-electron chi connectivity index (χ1n) is 9.40. The molecule has 6 heteroatoms. The zero-order valence-electron chi connectivity index (χ0n) is 15.5. The zero-order chi connectivity index (χ0) is 18.7. The van der Waals surface area contributed by atoms with Crippen LogP contribution in [0.1, 0.15) is 45.4 Å². The summed E-state index contributed by atoms with van der Waals surface area (Å²) in [5, 5.41) is 2.77. The molecule has 1 fully saturated rings. The number of benzene rings is 1. The number of anilines is 2. The van der Waals surface area contributed by atoms with Crippen LogP contribution in [0.15, 0.2) is 24.3 Å². The summed E-state index contributed by atoms with van der Waals surface area (Å²) in [6.45, 7) is 2.25. The normalized spacial score (nSPS) is 22.4. The van der Waals surface area contributed by atoms with Crippen molar-refractivity contribution in [3.63, 3.8) is 0 Å². The molecular formula is C20H27N3O3. The van der Waals surface area contributed by atoms with Crippen molar-refractivity contribution in [3.8, 4) is 0 Å². The summed E-state index contributed by atoms with van der Waals surface area (Å²) in [7, 11) is 1.84. The number of amides is 3. The van der Waals surface area contributed by atoms with E-state index < -0.39 is 0 Å². The number of nitrogens with zero attached hydrogens (tertiary/aromatic N) is 2. The van der Waals surface area contributed by atoms with Crippen molar-refractivity contribution in [3.05, 3.63) is 24.3 Å². The van der Waals surface area contributed by atoms with Gasteiger partial charge in [-0.05, 0) is 43.7 Å². The predicted molar refractivity (Wildman–Crippen MR) is 101 cm³/mol. The van der Waals surface area contributed by atoms with Gasteiger partial charge in [0.15, 0.2) is 0 Å². The number of fused-ring (bicyclic) bond motifs is 1. The lowest BCUT2D eigenvalue weighted by atomic mass is 9.86. The Bertz CT molecular complexity index is 695. The Morgan fingerprint density at radius 3 is 2.58 bits per heavy atom. The molecule has 1 aromatic rings. The molecule has 0 saturated heterocycles. The standard InChI is InChI=1S/C20H27N3O3/c1-14-7-9-15(10-8-14)22(2)19(25)11-12-20(26)23-13-18(24)21-16-5-3-4-6-17(16)23/h3-6,14-15H,7-13H2,1-2H3,(H,21,24). The molecule has 0 radical (unpaired) electrons. The third-order valence-electron chi connectivity index (χ3n) is 5.55. The molecule has 3 rings (SSSR count). The van der Waals surface area contributed by atoms with Gasteiger partial charge in [0.25, 0.3) is 0 Å². The van der Waals surface area contributed by atoms with Gasteiger partial charge in [0.05, 0.1) is 11.4 Å². The van der Waals surface area contributed by atoms with Gasteiger partial charge in [-0.25, -0.2) is 0 Å². The Morgan fingerprint density at radius 2 is 1.85 bits per heavy atom. The van der Waals surface area contributed by atoms with Crippen LogP contribution in [0, 0.1) is 5.92 Å². The van der Waals surface area contributed by atoms with Crippen molar-refractivity contribution >= 4 is 29.1 Å². The minimum Gasteiger partial charge on any atom is -0.343 e. The van der Waals surface area contributed by atoms with Crippen molar-refractivity contribution in [2.75, 3.05) is 23.8 Å². The second-order valence-corrected chi connectivity index (χ2v) is 7.46. The minimum atomic E-state index is -0.211. The van der Waals surface area contributed by atoms with Gasteiger partial charge in [-0.15, -0.1) is 0 Å². The maximum Gasteiger partial charge on any atom is 0.244 e. The lowest BCUT2D eigenvalue weighted by molar-refractivity contribution is -0.134. The van der Waals surface area contributed by atoms with Gasteiger partial charge in [0.2, 0.25) is 17.7 Å². The fourth-order valence-electron chi connectivity index (χ4n) is 3.81. The Labute approximate surface area is 154 Å². The van der Waals surface area contributed by atoms with Crippen LogP contribution in [0.3, 0.4) is 0 Å². The Hall–Kier alpha value is -2.37. The van der Waals surface area contributed by atoms with Crippen LogP contribution in [-0.2, 0) is 14.4 Å². The summed E-state index contributed by atoms with van der Waals surface area (Å²) in [6.07, 6.45) is 4.69. The van der Waals surface area contributed by atoms with Gasteiger partial charge in [-0.2, -0.15) is 0 Å². The average molecular weight is 357 g/mol. The van der Waals surface area contributed by atoms with Crippen LogP contribution in [0.4, 0.5) is 11.4 Å². The van der Waals surface area contributed by atoms with E-state index in [0.717, 1.165) is 31.6 Å². The van der Waals surface area contributed by atoms with E-state index in [1.165, 1.54) is 4.90 Å². The number of hydrogen-bond acceptors (Lipinski definition) is 3. The van der Waals surface area contributed by atoms with Crippen LogP contribution in [0.25, 0.3) is 0 Å². The molecule has 0 spiro atoms. The van der Waals surface area contributed by atoms with Crippen LogP contribution in [-0.4, -0.2) is 42.3 Å². The highest BCUT2D eigenvalue weighted by Crippen LogP contribution is 2.30. The fraction of sp³-hybridized carbons (Fsp3) is 0.550. The zero-order valence-corrected chi connectivity index (χ0v) is 15.5. The predicted octanol–water partition coefficient (Wildman–Crippen LogP) is 2.79. The molecule has 1 saturated carbocycles. The molecular weight excluding hydrogens is 330 g/mol. The van der Waals surface area contributed by atoms with E-state index in [-0.39, 0.29) is 43.1 Å². The minimum absolute atomic E-state index is 0.000387. The highest BCUT2D eigenvalue weighted by Gasteiger charge is 2.28. The Balaban J connectivity index is 1.57. The number of hydrogen-bond donors (Lipinski definition) is 1. The molecule has 1 heterocycles. The van der Waals surface area contributed by atoms with Crippen LogP contribution >= 0.6 is 0 Å². The highest BCUT2D eigenvalue weighted by atomic mass is 16.2. The van der Waals surface area contributed by atoms with Gasteiger partial charge >= 0.3 is 0 Å². The number of carbonyl (C=O) groups is 3. The highest BCUT2D eigenvalue weighted by molar-refractivity contribution is 6.10. The first kappa shape index (κ1) is 18.4. The van der Waals surface area contributed by atoms with Gasteiger partial charge < -0.3 is 15.1 Å². The Morgan fingerprint density at radius 1 is 1.15 bits per heavy atom. The van der Waals surface area contributed by atoms with Crippen molar-refractivity contribution in [2.45, 2.75) is 51.5 Å². The molecule has 1 N–H and O–H groups in total. The third-order valence-corrected chi connectivity index (χ3v) is 5.55. The summed E-state index contributed by atoms with van der Waals surface area (Å²) >= 11 is 0. The van der Waals surface area contributed by atoms with E-state index >= 15 is 0 Å². The lowest BCUT2D eigenvalue weighted by Gasteiger charge is -2.34. The largest absolute Gasteiger partial charge is 0.343 e. The lowest BCUT2D eigenvalue weighted by Crippen LogP contribution is -2.43. The molecule has 0 unspecified atom stereocenters. The molecule has 0 atom stereocenters. The molecule has 2 aliphatic rings. The van der Waals surface area contributed by atoms with E-state index in [2.05, 4.69) is 12.2 Å². The van der Waals surface area contributed by atoms with Crippen molar-refractivity contribution in [2.24, 2.45) is 5.92 Å². The molecule has 0 bridgehead atoms. The van der Waals surface area contributed by atoms with Crippen LogP contribution < -0.4 is 10.2 Å². The molecule has 1 aliphatic heterocycles. The quantitative estimate of drug-likeness (QED) is 0.901. The first-order valence-corrected chi connectivity index (χ1v) is 9.40. The van der Waals surface area contributed by atoms with E-state index in [1.54, 1.807) is 6.07 Å². The van der Waals surface area contributed by atoms with Crippen LogP contribution in [0.2, 0.25) is 0 Å². The number of carbonyl (C=O) groups excluding carboxylic acids is 3. The molecule has 26 heavy (non-hydrogen) atoms. The molecule has 1 aromatic carbocycles. The van der Waals surface area contributed by atoms with Crippen molar-refractivity contribution in [1.29, 1.82) is 0 Å². The van der Waals surface area contributed by atoms with Gasteiger partial charge in [-0.1, -0.05) is 19.1 Å². The van der Waals surface area contributed by atoms with Crippen molar-refractivity contribution < 1.29 is 14.4 Å². The number of nitrogens with one attached hydrogen (secondary N) is 1. The maximum absolute atomic E-state index is 12.6. The maximum atomic E-state index is 12.6. The fourth-order valence-corrected chi connectivity index (χ4v) is 3.81. The summed E-state index contributed by atoms with van der Waals surface area (Å²) in [4.78, 5) is 40.3. The van der Waals surface area contributed by atoms with Crippen molar-refractivity contribution in [1.82, 2.24) is 4.90 Å². The summed E-state index contributed by atoms with van der Waals surface area (Å²) in [5.41, 5.74) is 1.33. The first-order chi connectivity index (χ1) is 12.5. The second-order valence-electron chi connectivity index (χ2n) is 7.46. The monoisotopic (exact) mass is 357 g/mol. The second kappa shape index (κ2) is 7.89. The third kappa shape index (κ3) is 4.06. The smallest absolute Gasteiger partial charge is 0.244 e. The molecule has 6 nitrogen and oxygen atoms in total. The van der Waals surface area contributed by atoms with Gasteiger partial charge in [0, 0.05) is 25.9 Å². The molecule has 3 amide bonds. The average Bonchev–Trinajstić information content (AvgIpc) is 2.65.